The summed E-state index contributed by atoms with van der Waals surface area (Å²) in [5, 5.41) is 8.65. The quantitative estimate of drug-likeness (QED) is 0.610. The first-order valence-electron chi connectivity index (χ1n) is 4.10. The third kappa shape index (κ3) is 2.73. The summed E-state index contributed by atoms with van der Waals surface area (Å²) in [7, 11) is -2.79. The molecule has 5 heteroatoms. The molecule has 0 aromatic carbocycles. The minimum Gasteiger partial charge on any atom is -0.395 e. The Bertz CT molecular complexity index is 237. The number of hydrogen-bond donors (Lipinski definition) is 2. The molecule has 1 aliphatic heterocycles. The topological polar surface area (TPSA) is 80.4 Å². The van der Waals surface area contributed by atoms with Gasteiger partial charge < -0.3 is 10.8 Å². The number of nitrogens with two attached hydrogens (primary N) is 1. The minimum absolute atomic E-state index is 0.0590. The number of aliphatic hydroxyl groups is 1. The van der Waals surface area contributed by atoms with E-state index in [0.29, 0.717) is 12.8 Å². The van der Waals surface area contributed by atoms with Crippen molar-refractivity contribution in [3.05, 3.63) is 0 Å². The molecule has 1 heterocycles. The van der Waals surface area contributed by atoms with Crippen LogP contribution in [0.2, 0.25) is 0 Å². The summed E-state index contributed by atoms with van der Waals surface area (Å²) in [5.41, 5.74) is 5.50. The summed E-state index contributed by atoms with van der Waals surface area (Å²) in [4.78, 5) is 0. The normalized spacial score (nSPS) is 30.3. The average molecular weight is 193 g/mol. The van der Waals surface area contributed by atoms with Gasteiger partial charge in [-0.05, 0) is 18.8 Å². The van der Waals surface area contributed by atoms with Crippen molar-refractivity contribution in [2.75, 3.05) is 18.1 Å². The number of rotatable bonds is 3. The molecule has 0 aromatic heterocycles. The summed E-state index contributed by atoms with van der Waals surface area (Å²) < 4.78 is 22.0. The Balaban J connectivity index is 2.38. The molecular weight excluding hydrogens is 178 g/mol. The predicted octanol–water partition coefficient (Wildman–Crippen LogP) is -0.869. The highest BCUT2D eigenvalue weighted by molar-refractivity contribution is 7.91. The van der Waals surface area contributed by atoms with Gasteiger partial charge in [0.15, 0.2) is 9.84 Å². The summed E-state index contributed by atoms with van der Waals surface area (Å²) >= 11 is 0. The molecular formula is C7H15NO3S. The van der Waals surface area contributed by atoms with Crippen molar-refractivity contribution in [2.24, 2.45) is 11.7 Å². The lowest BCUT2D eigenvalue weighted by atomic mass is 10.0. The fourth-order valence-electron chi connectivity index (χ4n) is 1.56. The Labute approximate surface area is 72.7 Å². The maximum absolute atomic E-state index is 11.0. The van der Waals surface area contributed by atoms with Crippen LogP contribution in [0.4, 0.5) is 0 Å². The fraction of sp³-hybridized carbons (Fsp3) is 1.00. The molecule has 12 heavy (non-hydrogen) atoms. The van der Waals surface area contributed by atoms with Crippen LogP contribution in [0.3, 0.4) is 0 Å². The Hall–Kier alpha value is -0.130. The predicted molar refractivity (Wildman–Crippen MR) is 46.4 cm³/mol. The summed E-state index contributed by atoms with van der Waals surface area (Å²) in [6.45, 7) is -0.0590. The van der Waals surface area contributed by atoms with Gasteiger partial charge in [0.2, 0.25) is 0 Å². The SMILES string of the molecule is NC(CO)CC1CCS(=O)(=O)C1. The average Bonchev–Trinajstić information content (AvgIpc) is 2.30. The number of hydrogen-bond acceptors (Lipinski definition) is 4. The van der Waals surface area contributed by atoms with Crippen LogP contribution < -0.4 is 5.73 Å². The Kier molecular flexibility index (Phi) is 3.09. The second-order valence-corrected chi connectivity index (χ2v) is 5.68. The second-order valence-electron chi connectivity index (χ2n) is 3.45. The minimum atomic E-state index is -2.79. The van der Waals surface area contributed by atoms with E-state index in [-0.39, 0.29) is 30.1 Å². The van der Waals surface area contributed by atoms with E-state index in [1.807, 2.05) is 0 Å². The van der Waals surface area contributed by atoms with Crippen molar-refractivity contribution in [2.45, 2.75) is 18.9 Å². The van der Waals surface area contributed by atoms with E-state index in [0.717, 1.165) is 0 Å². The van der Waals surface area contributed by atoms with Crippen molar-refractivity contribution in [1.29, 1.82) is 0 Å². The molecule has 0 amide bonds. The Morgan fingerprint density at radius 1 is 1.58 bits per heavy atom. The summed E-state index contributed by atoms with van der Waals surface area (Å²) in [5.74, 6) is 0.702. The van der Waals surface area contributed by atoms with E-state index < -0.39 is 9.84 Å². The zero-order valence-corrected chi connectivity index (χ0v) is 7.76. The maximum atomic E-state index is 11.0. The van der Waals surface area contributed by atoms with Gasteiger partial charge >= 0.3 is 0 Å². The first-order valence-corrected chi connectivity index (χ1v) is 5.92. The highest BCUT2D eigenvalue weighted by atomic mass is 32.2. The molecule has 1 aliphatic rings. The van der Waals surface area contributed by atoms with Crippen LogP contribution in [0.15, 0.2) is 0 Å². The summed E-state index contributed by atoms with van der Waals surface area (Å²) in [6.07, 6.45) is 1.33. The molecule has 1 rings (SSSR count). The molecule has 2 atom stereocenters. The van der Waals surface area contributed by atoms with E-state index in [2.05, 4.69) is 0 Å². The van der Waals surface area contributed by atoms with Gasteiger partial charge in [-0.15, -0.1) is 0 Å². The van der Waals surface area contributed by atoms with Crippen LogP contribution in [0, 0.1) is 5.92 Å². The molecule has 0 saturated carbocycles. The molecule has 72 valence electrons. The molecule has 0 aromatic rings. The Morgan fingerprint density at radius 2 is 2.25 bits per heavy atom. The van der Waals surface area contributed by atoms with Crippen LogP contribution in [-0.4, -0.2) is 37.7 Å². The highest BCUT2D eigenvalue weighted by Crippen LogP contribution is 2.22. The molecule has 1 saturated heterocycles. The first kappa shape index (κ1) is 9.95. The van der Waals surface area contributed by atoms with Crippen LogP contribution >= 0.6 is 0 Å². The molecule has 2 unspecified atom stereocenters. The van der Waals surface area contributed by atoms with Gasteiger partial charge in [-0.3, -0.25) is 0 Å². The smallest absolute Gasteiger partial charge is 0.150 e. The highest BCUT2D eigenvalue weighted by Gasteiger charge is 2.28. The second kappa shape index (κ2) is 3.72. The molecule has 1 fully saturated rings. The van der Waals surface area contributed by atoms with E-state index >= 15 is 0 Å². The van der Waals surface area contributed by atoms with Gasteiger partial charge in [0, 0.05) is 6.04 Å². The zero-order chi connectivity index (χ0) is 9.19. The van der Waals surface area contributed by atoms with Crippen molar-refractivity contribution in [3.63, 3.8) is 0 Å². The lowest BCUT2D eigenvalue weighted by molar-refractivity contribution is 0.248. The van der Waals surface area contributed by atoms with Crippen LogP contribution in [0.5, 0.6) is 0 Å². The number of aliphatic hydroxyl groups excluding tert-OH is 1. The van der Waals surface area contributed by atoms with E-state index in [1.54, 1.807) is 0 Å². The summed E-state index contributed by atoms with van der Waals surface area (Å²) in [6, 6.07) is -0.261. The monoisotopic (exact) mass is 193 g/mol. The van der Waals surface area contributed by atoms with Crippen molar-refractivity contribution in [1.82, 2.24) is 0 Å². The largest absolute Gasteiger partial charge is 0.395 e. The maximum Gasteiger partial charge on any atom is 0.150 e. The fourth-order valence-corrected chi connectivity index (χ4v) is 3.44. The van der Waals surface area contributed by atoms with Crippen LogP contribution in [-0.2, 0) is 9.84 Å². The standard InChI is InChI=1S/C7H15NO3S/c8-7(4-9)3-6-1-2-12(10,11)5-6/h6-7,9H,1-5,8H2. The van der Waals surface area contributed by atoms with Crippen LogP contribution in [0.1, 0.15) is 12.8 Å². The lowest BCUT2D eigenvalue weighted by Crippen LogP contribution is -2.27. The third-order valence-corrected chi connectivity index (χ3v) is 4.03. The molecule has 4 nitrogen and oxygen atoms in total. The first-order chi connectivity index (χ1) is 5.53. The van der Waals surface area contributed by atoms with Gasteiger partial charge in [0.1, 0.15) is 0 Å². The van der Waals surface area contributed by atoms with E-state index in [4.69, 9.17) is 10.8 Å². The molecule has 3 N–H and O–H groups in total. The van der Waals surface area contributed by atoms with Gasteiger partial charge in [0.25, 0.3) is 0 Å². The van der Waals surface area contributed by atoms with Gasteiger partial charge in [0.05, 0.1) is 18.1 Å². The molecule has 0 aliphatic carbocycles. The molecule has 0 bridgehead atoms. The van der Waals surface area contributed by atoms with Crippen molar-refractivity contribution < 1.29 is 13.5 Å². The van der Waals surface area contributed by atoms with E-state index in [9.17, 15) is 8.42 Å². The molecule has 0 radical (unpaired) electrons. The Morgan fingerprint density at radius 3 is 2.67 bits per heavy atom. The third-order valence-electron chi connectivity index (χ3n) is 2.20. The van der Waals surface area contributed by atoms with Gasteiger partial charge in [-0.25, -0.2) is 8.42 Å². The number of sulfone groups is 1. The van der Waals surface area contributed by atoms with Crippen molar-refractivity contribution >= 4 is 9.84 Å². The van der Waals surface area contributed by atoms with Crippen LogP contribution in [0.25, 0.3) is 0 Å². The lowest BCUT2D eigenvalue weighted by Gasteiger charge is -2.11. The molecule has 0 spiro atoms. The van der Waals surface area contributed by atoms with E-state index in [1.165, 1.54) is 0 Å². The van der Waals surface area contributed by atoms with Gasteiger partial charge in [-0.1, -0.05) is 0 Å². The van der Waals surface area contributed by atoms with Crippen molar-refractivity contribution in [3.8, 4) is 0 Å². The zero-order valence-electron chi connectivity index (χ0n) is 6.94. The van der Waals surface area contributed by atoms with Gasteiger partial charge in [-0.2, -0.15) is 0 Å².